The molecule has 0 spiro atoms. The fourth-order valence-corrected chi connectivity index (χ4v) is 9.52. The Morgan fingerprint density at radius 3 is 1.13 bits per heavy atom. The maximum atomic E-state index is 2.58. The summed E-state index contributed by atoms with van der Waals surface area (Å²) >= 11 is 0. The number of rotatable bonds is 5. The molecular formula is C29H36Si. The van der Waals surface area contributed by atoms with Gasteiger partial charge in [0.2, 0.25) is 0 Å². The van der Waals surface area contributed by atoms with Crippen LogP contribution in [0.2, 0.25) is 6.04 Å². The molecule has 0 radical (unpaired) electrons. The van der Waals surface area contributed by atoms with Gasteiger partial charge in [-0.1, -0.05) is 144 Å². The van der Waals surface area contributed by atoms with Gasteiger partial charge in [-0.05, 0) is 32.4 Å². The molecule has 0 saturated carbocycles. The number of hydrogen-bond donors (Lipinski definition) is 0. The molecule has 0 atom stereocenters. The Bertz CT molecular complexity index is 843. The molecule has 0 nitrogen and oxygen atoms in total. The molecule has 0 heterocycles. The Morgan fingerprint density at radius 2 is 0.867 bits per heavy atom. The summed E-state index contributed by atoms with van der Waals surface area (Å²) in [5.41, 5.74) is 1.82. The Hall–Kier alpha value is -2.38. The number of allylic oxidation sites excluding steroid dienone is 2. The minimum Gasteiger partial charge on any atom is -0.0860 e. The van der Waals surface area contributed by atoms with Crippen molar-refractivity contribution >= 4 is 23.6 Å². The monoisotopic (exact) mass is 412 g/mol. The van der Waals surface area contributed by atoms with Gasteiger partial charge >= 0.3 is 0 Å². The highest BCUT2D eigenvalue weighted by atomic mass is 28.3. The Balaban J connectivity index is 2.31. The van der Waals surface area contributed by atoms with Crippen molar-refractivity contribution in [3.8, 4) is 0 Å². The van der Waals surface area contributed by atoms with Crippen LogP contribution in [0.25, 0.3) is 0 Å². The predicted molar refractivity (Wildman–Crippen MR) is 136 cm³/mol. The first-order valence-electron chi connectivity index (χ1n) is 11.0. The molecule has 3 aromatic rings. The van der Waals surface area contributed by atoms with Crippen molar-refractivity contribution in [1.29, 1.82) is 0 Å². The molecule has 0 N–H and O–H groups in total. The first kappa shape index (κ1) is 22.3. The van der Waals surface area contributed by atoms with Crippen LogP contribution in [0.3, 0.4) is 0 Å². The van der Waals surface area contributed by atoms with Gasteiger partial charge in [0, 0.05) is 0 Å². The van der Waals surface area contributed by atoms with E-state index >= 15 is 0 Å². The third kappa shape index (κ3) is 4.68. The Labute approximate surface area is 184 Å². The summed E-state index contributed by atoms with van der Waals surface area (Å²) < 4.78 is 0. The van der Waals surface area contributed by atoms with Crippen LogP contribution < -0.4 is 15.6 Å². The molecule has 156 valence electrons. The average molecular weight is 413 g/mol. The Morgan fingerprint density at radius 1 is 0.567 bits per heavy atom. The van der Waals surface area contributed by atoms with E-state index in [0.29, 0.717) is 0 Å². The highest BCUT2D eigenvalue weighted by molar-refractivity contribution is 7.11. The zero-order valence-electron chi connectivity index (χ0n) is 19.4. The summed E-state index contributed by atoms with van der Waals surface area (Å²) in [6, 6.07) is 34.7. The minimum absolute atomic E-state index is 0.141. The highest BCUT2D eigenvalue weighted by Gasteiger charge is 2.39. The van der Waals surface area contributed by atoms with Gasteiger partial charge in [-0.15, -0.1) is 0 Å². The topological polar surface area (TPSA) is 0 Å². The minimum atomic E-state index is -2.22. The second-order valence-electron chi connectivity index (χ2n) is 10.3. The van der Waals surface area contributed by atoms with Crippen LogP contribution in [0, 0.1) is 10.8 Å². The van der Waals surface area contributed by atoms with Crippen LogP contribution in [0.1, 0.15) is 41.5 Å². The van der Waals surface area contributed by atoms with Crippen molar-refractivity contribution in [2.24, 2.45) is 10.8 Å². The molecular weight excluding hydrogens is 376 g/mol. The summed E-state index contributed by atoms with van der Waals surface area (Å²) in [6.45, 7) is 14.1. The van der Waals surface area contributed by atoms with Crippen molar-refractivity contribution in [1.82, 2.24) is 0 Å². The lowest BCUT2D eigenvalue weighted by Gasteiger charge is -2.37. The summed E-state index contributed by atoms with van der Waals surface area (Å²) in [7, 11) is -2.22. The first-order chi connectivity index (χ1) is 14.2. The van der Waals surface area contributed by atoms with E-state index in [1.54, 1.807) is 0 Å². The lowest BCUT2D eigenvalue weighted by atomic mass is 9.72. The van der Waals surface area contributed by atoms with Crippen molar-refractivity contribution in [2.45, 2.75) is 47.6 Å². The molecule has 3 aromatic carbocycles. The molecule has 0 aromatic heterocycles. The van der Waals surface area contributed by atoms with Gasteiger partial charge in [0.15, 0.2) is 8.07 Å². The van der Waals surface area contributed by atoms with E-state index in [1.807, 2.05) is 0 Å². The van der Waals surface area contributed by atoms with Gasteiger partial charge in [-0.3, -0.25) is 0 Å². The molecule has 0 saturated heterocycles. The largest absolute Gasteiger partial charge is 0.151 e. The highest BCUT2D eigenvalue weighted by Crippen LogP contribution is 2.40. The molecule has 1 heteroatoms. The molecule has 0 aliphatic rings. The van der Waals surface area contributed by atoms with Crippen molar-refractivity contribution in [3.05, 3.63) is 103 Å². The molecule has 0 unspecified atom stereocenters. The molecule has 3 rings (SSSR count). The normalized spacial score (nSPS) is 12.5. The van der Waals surface area contributed by atoms with Crippen LogP contribution >= 0.6 is 0 Å². The fraction of sp³-hybridized carbons (Fsp3) is 0.310. The molecule has 0 fully saturated rings. The summed E-state index contributed by atoms with van der Waals surface area (Å²) in [6.07, 6.45) is 2.58. The van der Waals surface area contributed by atoms with E-state index in [0.717, 1.165) is 6.04 Å². The van der Waals surface area contributed by atoms with Gasteiger partial charge in [-0.25, -0.2) is 0 Å². The standard InChI is InChI=1S/C29H36Si/c1-28(2,3)27(29(4,5)6)22-23-30(24-16-10-7-11-17-24,25-18-12-8-13-19-25)26-20-14-9-15-21-26/h7-22H,23H2,1-6H3. The lowest BCUT2D eigenvalue weighted by Crippen LogP contribution is -2.66. The van der Waals surface area contributed by atoms with Crippen LogP contribution in [-0.2, 0) is 0 Å². The van der Waals surface area contributed by atoms with Gasteiger partial charge in [-0.2, -0.15) is 0 Å². The molecule has 30 heavy (non-hydrogen) atoms. The second-order valence-corrected chi connectivity index (χ2v) is 14.3. The Kier molecular flexibility index (Phi) is 6.52. The molecule has 0 aliphatic heterocycles. The molecule has 0 bridgehead atoms. The van der Waals surface area contributed by atoms with Crippen molar-refractivity contribution in [2.75, 3.05) is 0 Å². The third-order valence-electron chi connectivity index (χ3n) is 6.03. The van der Waals surface area contributed by atoms with Gasteiger partial charge in [0.25, 0.3) is 0 Å². The van der Waals surface area contributed by atoms with E-state index in [1.165, 1.54) is 21.1 Å². The van der Waals surface area contributed by atoms with Crippen molar-refractivity contribution in [3.63, 3.8) is 0 Å². The molecule has 0 amide bonds. The smallest absolute Gasteiger partial charge is 0.0860 e. The third-order valence-corrected chi connectivity index (χ3v) is 10.8. The van der Waals surface area contributed by atoms with E-state index in [-0.39, 0.29) is 10.8 Å². The van der Waals surface area contributed by atoms with Crippen LogP contribution in [0.15, 0.2) is 103 Å². The molecule has 0 aliphatic carbocycles. The number of benzene rings is 3. The summed E-state index contributed by atoms with van der Waals surface area (Å²) in [5, 5.41) is 4.42. The number of hydrogen-bond acceptors (Lipinski definition) is 0. The maximum Gasteiger partial charge on any atom is 0.151 e. The average Bonchev–Trinajstić information content (AvgIpc) is 2.71. The van der Waals surface area contributed by atoms with E-state index in [4.69, 9.17) is 0 Å². The first-order valence-corrected chi connectivity index (χ1v) is 13.2. The van der Waals surface area contributed by atoms with Crippen LogP contribution in [0.4, 0.5) is 0 Å². The van der Waals surface area contributed by atoms with E-state index < -0.39 is 8.07 Å². The van der Waals surface area contributed by atoms with Gasteiger partial charge in [0.1, 0.15) is 0 Å². The van der Waals surface area contributed by atoms with E-state index in [9.17, 15) is 0 Å². The van der Waals surface area contributed by atoms with E-state index in [2.05, 4.69) is 139 Å². The second kappa shape index (κ2) is 8.77. The SMILES string of the molecule is CC(C)(C)C(=CC[Si](c1ccccc1)(c1ccccc1)c1ccccc1)C(C)(C)C. The van der Waals surface area contributed by atoms with Crippen molar-refractivity contribution < 1.29 is 0 Å². The van der Waals surface area contributed by atoms with Gasteiger partial charge < -0.3 is 0 Å². The van der Waals surface area contributed by atoms with Gasteiger partial charge in [0.05, 0.1) is 0 Å². The summed E-state index contributed by atoms with van der Waals surface area (Å²) in [4.78, 5) is 0. The summed E-state index contributed by atoms with van der Waals surface area (Å²) in [5.74, 6) is 0. The zero-order valence-corrected chi connectivity index (χ0v) is 20.4. The van der Waals surface area contributed by atoms with Crippen LogP contribution in [-0.4, -0.2) is 8.07 Å². The maximum absolute atomic E-state index is 2.58. The fourth-order valence-electron chi connectivity index (χ4n) is 5.01. The lowest BCUT2D eigenvalue weighted by molar-refractivity contribution is 0.361. The van der Waals surface area contributed by atoms with Crippen LogP contribution in [0.5, 0.6) is 0 Å². The zero-order chi connectivity index (χ0) is 21.8. The predicted octanol–water partition coefficient (Wildman–Crippen LogP) is 6.18. The quantitative estimate of drug-likeness (QED) is 0.267.